The van der Waals surface area contributed by atoms with Crippen molar-refractivity contribution in [3.8, 4) is 5.75 Å². The van der Waals surface area contributed by atoms with Crippen molar-refractivity contribution >= 4 is 16.0 Å². The van der Waals surface area contributed by atoms with Gasteiger partial charge in [-0.3, -0.25) is 4.79 Å². The highest BCUT2D eigenvalue weighted by Gasteiger charge is 2.52. The largest absolute Gasteiger partial charge is 0.383 e. The maximum atomic E-state index is 13.4. The van der Waals surface area contributed by atoms with Crippen molar-refractivity contribution in [1.82, 2.24) is 10.2 Å². The molecule has 160 valence electrons. The molecule has 2 aromatic carbocycles. The Morgan fingerprint density at radius 1 is 1.10 bits per heavy atom. The van der Waals surface area contributed by atoms with E-state index in [1.807, 2.05) is 24.3 Å². The molecule has 2 aromatic rings. The number of carbonyl (C=O) groups is 1. The summed E-state index contributed by atoms with van der Waals surface area (Å²) in [4.78, 5) is 15.8. The van der Waals surface area contributed by atoms with Gasteiger partial charge in [-0.15, -0.1) is 0 Å². The molecule has 1 saturated heterocycles. The van der Waals surface area contributed by atoms with Crippen molar-refractivity contribution in [2.75, 3.05) is 25.9 Å². The highest BCUT2D eigenvalue weighted by atomic mass is 32.2. The lowest BCUT2D eigenvalue weighted by atomic mass is 9.93. The van der Waals surface area contributed by atoms with Crippen LogP contribution in [0.1, 0.15) is 42.9 Å². The first kappa shape index (κ1) is 20.9. The lowest BCUT2D eigenvalue weighted by Crippen LogP contribution is -2.41. The summed E-state index contributed by atoms with van der Waals surface area (Å²) in [6, 6.07) is 16.9. The zero-order valence-electron chi connectivity index (χ0n) is 17.2. The second kappa shape index (κ2) is 8.40. The molecule has 1 atom stereocenters. The predicted octanol–water partition coefficient (Wildman–Crippen LogP) is 3.01. The van der Waals surface area contributed by atoms with E-state index >= 15 is 0 Å². The molecule has 7 heteroatoms. The molecule has 6 nitrogen and oxygen atoms in total. The van der Waals surface area contributed by atoms with Crippen LogP contribution in [0.2, 0.25) is 0 Å². The predicted molar refractivity (Wildman–Crippen MR) is 116 cm³/mol. The molecule has 1 aliphatic heterocycles. The average Bonchev–Trinajstić information content (AvgIpc) is 3.37. The van der Waals surface area contributed by atoms with Crippen LogP contribution in [0.5, 0.6) is 5.75 Å². The first-order chi connectivity index (χ1) is 14.4. The molecule has 30 heavy (non-hydrogen) atoms. The molecular weight excluding hydrogens is 400 g/mol. The third-order valence-corrected chi connectivity index (χ3v) is 6.46. The molecule has 1 amide bonds. The number of nitrogens with one attached hydrogen (secondary N) is 1. The van der Waals surface area contributed by atoms with Gasteiger partial charge in [-0.05, 0) is 62.0 Å². The zero-order valence-corrected chi connectivity index (χ0v) is 18.0. The average molecular weight is 429 g/mol. The Kier molecular flexibility index (Phi) is 5.84. The van der Waals surface area contributed by atoms with E-state index in [0.717, 1.165) is 49.9 Å². The molecule has 1 heterocycles. The summed E-state index contributed by atoms with van der Waals surface area (Å²) in [5, 5.41) is 3.29. The van der Waals surface area contributed by atoms with Crippen LogP contribution in [-0.2, 0) is 20.3 Å². The Hall–Kier alpha value is -2.38. The Morgan fingerprint density at radius 2 is 1.80 bits per heavy atom. The lowest BCUT2D eigenvalue weighted by Gasteiger charge is -2.27. The van der Waals surface area contributed by atoms with E-state index in [1.54, 1.807) is 18.2 Å². The zero-order chi connectivity index (χ0) is 21.2. The smallest absolute Gasteiger partial charge is 0.306 e. The Bertz CT molecular complexity index is 997. The number of likely N-dealkylation sites (tertiary alicyclic amines) is 1. The van der Waals surface area contributed by atoms with Gasteiger partial charge in [0, 0.05) is 6.54 Å². The molecule has 0 spiro atoms. The minimum absolute atomic E-state index is 0.00736. The van der Waals surface area contributed by atoms with Crippen LogP contribution in [-0.4, -0.2) is 45.1 Å². The molecule has 2 fully saturated rings. The van der Waals surface area contributed by atoms with Crippen LogP contribution in [0.3, 0.4) is 0 Å². The van der Waals surface area contributed by atoms with Crippen molar-refractivity contribution in [2.45, 2.75) is 37.1 Å². The van der Waals surface area contributed by atoms with Gasteiger partial charge < -0.3 is 14.4 Å². The second-order valence-electron chi connectivity index (χ2n) is 8.34. The summed E-state index contributed by atoms with van der Waals surface area (Å²) in [5.74, 6) is 0.234. The molecule has 0 radical (unpaired) electrons. The third-order valence-electron chi connectivity index (χ3n) is 5.97. The van der Waals surface area contributed by atoms with Crippen LogP contribution in [0.15, 0.2) is 54.6 Å². The summed E-state index contributed by atoms with van der Waals surface area (Å²) in [5.41, 5.74) is 1.28. The van der Waals surface area contributed by atoms with Gasteiger partial charge in [0.1, 0.15) is 5.75 Å². The van der Waals surface area contributed by atoms with Gasteiger partial charge in [-0.2, -0.15) is 8.42 Å². The van der Waals surface area contributed by atoms with E-state index < -0.39 is 15.5 Å². The number of hydrogen-bond donors (Lipinski definition) is 1. The van der Waals surface area contributed by atoms with E-state index in [-0.39, 0.29) is 17.7 Å². The summed E-state index contributed by atoms with van der Waals surface area (Å²) < 4.78 is 28.0. The van der Waals surface area contributed by atoms with Crippen molar-refractivity contribution in [3.63, 3.8) is 0 Å². The van der Waals surface area contributed by atoms with Crippen LogP contribution in [0, 0.1) is 0 Å². The maximum Gasteiger partial charge on any atom is 0.306 e. The van der Waals surface area contributed by atoms with E-state index in [4.69, 9.17) is 4.18 Å². The Morgan fingerprint density at radius 3 is 2.43 bits per heavy atom. The molecule has 1 aliphatic carbocycles. The molecule has 0 unspecified atom stereocenters. The number of amides is 1. The fourth-order valence-electron chi connectivity index (χ4n) is 4.23. The maximum absolute atomic E-state index is 13.4. The number of benzene rings is 2. The van der Waals surface area contributed by atoms with Gasteiger partial charge in [0.2, 0.25) is 5.91 Å². The van der Waals surface area contributed by atoms with Gasteiger partial charge in [0.15, 0.2) is 0 Å². The molecule has 0 bridgehead atoms. The van der Waals surface area contributed by atoms with E-state index in [9.17, 15) is 13.2 Å². The van der Waals surface area contributed by atoms with Crippen molar-refractivity contribution in [3.05, 3.63) is 65.7 Å². The molecule has 1 saturated carbocycles. The highest BCUT2D eigenvalue weighted by molar-refractivity contribution is 7.86. The first-order valence-corrected chi connectivity index (χ1v) is 12.3. The van der Waals surface area contributed by atoms with E-state index in [2.05, 4.69) is 22.3 Å². The fraction of sp³-hybridized carbons (Fsp3) is 0.435. The normalized spacial score (nSPS) is 19.2. The van der Waals surface area contributed by atoms with Crippen LogP contribution < -0.4 is 9.50 Å². The van der Waals surface area contributed by atoms with Gasteiger partial charge in [-0.25, -0.2) is 0 Å². The Labute approximate surface area is 178 Å². The van der Waals surface area contributed by atoms with Gasteiger partial charge in [0.05, 0.1) is 17.7 Å². The topological polar surface area (TPSA) is 75.7 Å². The number of nitrogens with zero attached hydrogens (tertiary/aromatic N) is 1. The van der Waals surface area contributed by atoms with Gasteiger partial charge in [-0.1, -0.05) is 42.5 Å². The number of rotatable bonds is 8. The van der Waals surface area contributed by atoms with Gasteiger partial charge in [0.25, 0.3) is 0 Å². The molecular formula is C23H28N2O4S. The van der Waals surface area contributed by atoms with Crippen molar-refractivity contribution < 1.29 is 17.4 Å². The minimum Gasteiger partial charge on any atom is -0.383 e. The van der Waals surface area contributed by atoms with E-state index in [1.165, 1.54) is 12.8 Å². The van der Waals surface area contributed by atoms with E-state index in [0.29, 0.717) is 0 Å². The number of carbonyl (C=O) groups excluding carboxylic acids is 1. The summed E-state index contributed by atoms with van der Waals surface area (Å²) in [6.07, 6.45) is 4.90. The van der Waals surface area contributed by atoms with Gasteiger partial charge >= 0.3 is 10.1 Å². The monoisotopic (exact) mass is 428 g/mol. The second-order valence-corrected chi connectivity index (χ2v) is 9.92. The summed E-state index contributed by atoms with van der Waals surface area (Å²) in [6.45, 7) is 2.92. The Balaban J connectivity index is 1.54. The number of hydrogen-bond acceptors (Lipinski definition) is 5. The summed E-state index contributed by atoms with van der Waals surface area (Å²) in [7, 11) is -3.61. The fourth-order valence-corrected chi connectivity index (χ4v) is 4.69. The molecule has 4 rings (SSSR count). The molecule has 2 aliphatic rings. The van der Waals surface area contributed by atoms with Crippen LogP contribution in [0.25, 0.3) is 0 Å². The quantitative estimate of drug-likeness (QED) is 0.654. The van der Waals surface area contributed by atoms with Crippen molar-refractivity contribution in [1.29, 1.82) is 0 Å². The lowest BCUT2D eigenvalue weighted by molar-refractivity contribution is -0.124. The molecule has 0 aromatic heterocycles. The SMILES string of the molecule is CS(=O)(=O)Oc1cccc(C2(C(=O)N[C@H](CN3CCCC3)c3ccccc3)CC2)c1. The van der Waals surface area contributed by atoms with Crippen molar-refractivity contribution in [2.24, 2.45) is 0 Å². The van der Waals surface area contributed by atoms with Crippen LogP contribution >= 0.6 is 0 Å². The first-order valence-electron chi connectivity index (χ1n) is 10.4. The third kappa shape index (κ3) is 4.84. The minimum atomic E-state index is -3.61. The van der Waals surface area contributed by atoms with Crippen LogP contribution in [0.4, 0.5) is 0 Å². The summed E-state index contributed by atoms with van der Waals surface area (Å²) >= 11 is 0. The highest BCUT2D eigenvalue weighted by Crippen LogP contribution is 2.49. The standard InChI is InChI=1S/C23H28N2O4S/c1-30(27,28)29-20-11-7-10-19(16-20)23(12-13-23)22(26)24-21(17-25-14-5-6-15-25)18-8-3-2-4-9-18/h2-4,7-11,16,21H,5-6,12-15,17H2,1H3,(H,24,26)/t21-/m1/s1. The molecule has 1 N–H and O–H groups in total.